The Morgan fingerprint density at radius 2 is 1.78 bits per heavy atom. The summed E-state index contributed by atoms with van der Waals surface area (Å²) in [6.07, 6.45) is 4.92. The number of ether oxygens (including phenoxy) is 1. The molecule has 7 rings (SSSR count). The molecule has 0 saturated carbocycles. The van der Waals surface area contributed by atoms with Gasteiger partial charge in [0.1, 0.15) is 29.0 Å². The number of anilines is 1. The number of nitrogens with one attached hydrogen (secondary N) is 1. The Morgan fingerprint density at radius 3 is 2.51 bits per heavy atom. The molecule has 11 heteroatoms. The fourth-order valence-electron chi connectivity index (χ4n) is 6.42. The minimum atomic E-state index is -0.538. The fraction of sp³-hybridized carbons (Fsp3) is 0.400. The first kappa shape index (κ1) is 26.6. The first-order valence-electron chi connectivity index (χ1n) is 14.0. The van der Waals surface area contributed by atoms with E-state index in [9.17, 15) is 4.79 Å². The molecule has 2 aromatic heterocycles. The van der Waals surface area contributed by atoms with Crippen molar-refractivity contribution in [2.75, 3.05) is 37.0 Å². The van der Waals surface area contributed by atoms with Crippen molar-refractivity contribution in [1.82, 2.24) is 25.2 Å². The standard InChI is InChI=1S/C30H29Cl2FN6O2/c31-13-24(40)38-11-9-20(10-12-38)41-30-36-28-22(29(37-30)39-15-18-7-8-19(16-39)35-18)14-34-27(26(28)33)21-5-1-3-17-4-2-6-23(32)25(17)21/h1-6,14,18-20,35H,7-13,15-16H2/t18-,19+. The largest absolute Gasteiger partial charge is 0.460 e. The summed E-state index contributed by atoms with van der Waals surface area (Å²) < 4.78 is 22.8. The van der Waals surface area contributed by atoms with Crippen LogP contribution >= 0.6 is 23.2 Å². The van der Waals surface area contributed by atoms with Crippen LogP contribution in [-0.2, 0) is 4.79 Å². The highest BCUT2D eigenvalue weighted by Gasteiger charge is 2.34. The highest BCUT2D eigenvalue weighted by molar-refractivity contribution is 6.36. The van der Waals surface area contributed by atoms with E-state index >= 15 is 4.39 Å². The zero-order valence-electron chi connectivity index (χ0n) is 22.3. The van der Waals surface area contributed by atoms with Crippen LogP contribution < -0.4 is 15.0 Å². The van der Waals surface area contributed by atoms with Crippen LogP contribution in [0, 0.1) is 5.82 Å². The Labute approximate surface area is 246 Å². The van der Waals surface area contributed by atoms with Crippen molar-refractivity contribution >= 4 is 56.6 Å². The molecule has 3 fully saturated rings. The summed E-state index contributed by atoms with van der Waals surface area (Å²) in [5.74, 6) is -0.0261. The number of fused-ring (bicyclic) bond motifs is 4. The average molecular weight is 596 g/mol. The second-order valence-corrected chi connectivity index (χ2v) is 11.7. The molecule has 0 unspecified atom stereocenters. The second-order valence-electron chi connectivity index (χ2n) is 11.0. The molecular weight excluding hydrogens is 566 g/mol. The molecule has 1 amide bonds. The highest BCUT2D eigenvalue weighted by Crippen LogP contribution is 2.38. The molecule has 41 heavy (non-hydrogen) atoms. The third-order valence-electron chi connectivity index (χ3n) is 8.45. The molecule has 4 aromatic rings. The number of carbonyl (C=O) groups excluding carboxylic acids is 1. The van der Waals surface area contributed by atoms with Gasteiger partial charge in [-0.2, -0.15) is 9.97 Å². The summed E-state index contributed by atoms with van der Waals surface area (Å²) in [7, 11) is 0. The molecule has 3 aliphatic rings. The lowest BCUT2D eigenvalue weighted by Gasteiger charge is -2.34. The molecule has 5 heterocycles. The van der Waals surface area contributed by atoms with Crippen LogP contribution in [0.3, 0.4) is 0 Å². The quantitative estimate of drug-likeness (QED) is 0.318. The summed E-state index contributed by atoms with van der Waals surface area (Å²) >= 11 is 12.3. The summed E-state index contributed by atoms with van der Waals surface area (Å²) in [6.45, 7) is 2.62. The van der Waals surface area contributed by atoms with Gasteiger partial charge in [-0.1, -0.05) is 41.9 Å². The Kier molecular flexibility index (Phi) is 7.05. The van der Waals surface area contributed by atoms with Crippen molar-refractivity contribution in [2.24, 2.45) is 0 Å². The molecule has 0 spiro atoms. The first-order chi connectivity index (χ1) is 20.0. The monoisotopic (exact) mass is 594 g/mol. The van der Waals surface area contributed by atoms with Crippen LogP contribution in [-0.4, -0.2) is 76.0 Å². The lowest BCUT2D eigenvalue weighted by molar-refractivity contribution is -0.130. The van der Waals surface area contributed by atoms with Gasteiger partial charge < -0.3 is 19.9 Å². The summed E-state index contributed by atoms with van der Waals surface area (Å²) in [6, 6.07) is 12.1. The maximum atomic E-state index is 16.5. The number of carbonyl (C=O) groups is 1. The predicted octanol–water partition coefficient (Wildman–Crippen LogP) is 5.19. The summed E-state index contributed by atoms with van der Waals surface area (Å²) in [5.41, 5.74) is 0.950. The molecule has 3 aliphatic heterocycles. The van der Waals surface area contributed by atoms with E-state index in [2.05, 4.69) is 20.2 Å². The number of rotatable bonds is 5. The Balaban J connectivity index is 1.31. The molecule has 2 bridgehead atoms. The van der Waals surface area contributed by atoms with Crippen molar-refractivity contribution in [3.63, 3.8) is 0 Å². The van der Waals surface area contributed by atoms with E-state index in [1.54, 1.807) is 17.2 Å². The summed E-state index contributed by atoms with van der Waals surface area (Å²) in [4.78, 5) is 30.0. The minimum Gasteiger partial charge on any atom is -0.460 e. The summed E-state index contributed by atoms with van der Waals surface area (Å²) in [5, 5.41) is 6.36. The smallest absolute Gasteiger partial charge is 0.319 e. The third kappa shape index (κ3) is 4.94. The molecule has 3 saturated heterocycles. The van der Waals surface area contributed by atoms with Crippen molar-refractivity contribution in [3.8, 4) is 17.3 Å². The topological polar surface area (TPSA) is 83.5 Å². The number of benzene rings is 2. The molecule has 0 aliphatic carbocycles. The average Bonchev–Trinajstić information content (AvgIpc) is 3.34. The van der Waals surface area contributed by atoms with Crippen LogP contribution in [0.4, 0.5) is 10.2 Å². The minimum absolute atomic E-state index is 0.0348. The van der Waals surface area contributed by atoms with Crippen molar-refractivity contribution in [3.05, 3.63) is 53.4 Å². The molecular formula is C30H29Cl2FN6O2. The normalized spacial score (nSPS) is 21.1. The van der Waals surface area contributed by atoms with Crippen molar-refractivity contribution < 1.29 is 13.9 Å². The SMILES string of the molecule is O=C(CCl)N1CCC(Oc2nc(N3C[C@H]4CC[C@@H](C3)N4)c3cnc(-c4cccc5cccc(Cl)c45)c(F)c3n2)CC1. The van der Waals surface area contributed by atoms with Crippen LogP contribution in [0.25, 0.3) is 32.9 Å². The number of halogens is 3. The number of pyridine rings is 1. The van der Waals surface area contributed by atoms with E-state index in [4.69, 9.17) is 32.9 Å². The fourth-order valence-corrected chi connectivity index (χ4v) is 6.87. The number of alkyl halides is 1. The number of amides is 1. The van der Waals surface area contributed by atoms with Gasteiger partial charge in [0.2, 0.25) is 5.91 Å². The van der Waals surface area contributed by atoms with Gasteiger partial charge in [0.25, 0.3) is 0 Å². The molecule has 2 atom stereocenters. The number of piperazine rings is 1. The second kappa shape index (κ2) is 10.9. The highest BCUT2D eigenvalue weighted by atomic mass is 35.5. The Hall–Kier alpha value is -3.27. The number of nitrogens with zero attached hydrogens (tertiary/aromatic N) is 5. The van der Waals surface area contributed by atoms with E-state index in [1.165, 1.54) is 0 Å². The third-order valence-corrected chi connectivity index (χ3v) is 8.99. The number of likely N-dealkylation sites (tertiary alicyclic amines) is 1. The number of piperidine rings is 1. The van der Waals surface area contributed by atoms with E-state index in [-0.39, 0.29) is 35.1 Å². The first-order valence-corrected chi connectivity index (χ1v) is 14.9. The maximum absolute atomic E-state index is 16.5. The van der Waals surface area contributed by atoms with Gasteiger partial charge in [-0.3, -0.25) is 9.78 Å². The van der Waals surface area contributed by atoms with Gasteiger partial charge in [-0.05, 0) is 24.3 Å². The van der Waals surface area contributed by atoms with Gasteiger partial charge in [0.05, 0.1) is 5.39 Å². The Bertz CT molecular complexity index is 1630. The Morgan fingerprint density at radius 1 is 1.05 bits per heavy atom. The van der Waals surface area contributed by atoms with Crippen molar-refractivity contribution in [1.29, 1.82) is 0 Å². The van der Waals surface area contributed by atoms with E-state index < -0.39 is 5.82 Å². The van der Waals surface area contributed by atoms with Gasteiger partial charge in [-0.15, -0.1) is 11.6 Å². The van der Waals surface area contributed by atoms with E-state index in [1.807, 2.05) is 30.3 Å². The lowest BCUT2D eigenvalue weighted by atomic mass is 10.0. The van der Waals surface area contributed by atoms with Crippen LogP contribution in [0.15, 0.2) is 42.6 Å². The van der Waals surface area contributed by atoms with Gasteiger partial charge in [-0.25, -0.2) is 4.39 Å². The number of hydrogen-bond acceptors (Lipinski definition) is 7. The predicted molar refractivity (Wildman–Crippen MR) is 158 cm³/mol. The van der Waals surface area contributed by atoms with Gasteiger partial charge in [0.15, 0.2) is 5.82 Å². The van der Waals surface area contributed by atoms with Crippen LogP contribution in [0.5, 0.6) is 6.01 Å². The molecule has 212 valence electrons. The molecule has 8 nitrogen and oxygen atoms in total. The van der Waals surface area contributed by atoms with E-state index in [0.717, 1.165) is 36.7 Å². The van der Waals surface area contributed by atoms with Crippen LogP contribution in [0.1, 0.15) is 25.7 Å². The van der Waals surface area contributed by atoms with E-state index in [0.29, 0.717) is 59.8 Å². The van der Waals surface area contributed by atoms with Gasteiger partial charge in [0, 0.05) is 73.3 Å². The van der Waals surface area contributed by atoms with Crippen LogP contribution in [0.2, 0.25) is 5.02 Å². The molecule has 2 aromatic carbocycles. The maximum Gasteiger partial charge on any atom is 0.319 e. The zero-order chi connectivity index (χ0) is 28.1. The zero-order valence-corrected chi connectivity index (χ0v) is 23.8. The molecule has 0 radical (unpaired) electrons. The lowest BCUT2D eigenvalue weighted by Crippen LogP contribution is -2.51. The van der Waals surface area contributed by atoms with Gasteiger partial charge >= 0.3 is 6.01 Å². The molecule has 1 N–H and O–H groups in total. The van der Waals surface area contributed by atoms with Crippen molar-refractivity contribution in [2.45, 2.75) is 43.9 Å². The number of hydrogen-bond donors (Lipinski definition) is 1. The number of aromatic nitrogens is 3.